The summed E-state index contributed by atoms with van der Waals surface area (Å²) < 4.78 is 16.5. The van der Waals surface area contributed by atoms with Crippen LogP contribution in [0.25, 0.3) is 10.9 Å². The highest BCUT2D eigenvalue weighted by Gasteiger charge is 2.24. The van der Waals surface area contributed by atoms with E-state index in [4.69, 9.17) is 11.6 Å². The van der Waals surface area contributed by atoms with Gasteiger partial charge < -0.3 is 14.4 Å². The van der Waals surface area contributed by atoms with Crippen LogP contribution >= 0.6 is 11.6 Å². The van der Waals surface area contributed by atoms with Crippen molar-refractivity contribution < 1.29 is 4.39 Å². The van der Waals surface area contributed by atoms with Crippen molar-refractivity contribution in [3.8, 4) is 0 Å². The van der Waals surface area contributed by atoms with Gasteiger partial charge in [0, 0.05) is 43.7 Å². The molecule has 0 N–H and O–H groups in total. The van der Waals surface area contributed by atoms with Gasteiger partial charge in [0.05, 0.1) is 10.5 Å². The third kappa shape index (κ3) is 2.96. The van der Waals surface area contributed by atoms with Crippen LogP contribution in [0.2, 0.25) is 5.02 Å². The number of nitrogens with zero attached hydrogens (tertiary/aromatic N) is 3. The second-order valence-electron chi connectivity index (χ2n) is 7.25. The summed E-state index contributed by atoms with van der Waals surface area (Å²) in [5, 5.41) is 1.35. The first-order valence-corrected chi connectivity index (χ1v) is 9.41. The molecule has 0 unspecified atom stereocenters. The van der Waals surface area contributed by atoms with Crippen molar-refractivity contribution in [2.45, 2.75) is 38.8 Å². The van der Waals surface area contributed by atoms with Gasteiger partial charge in [-0.1, -0.05) is 18.0 Å². The molecule has 1 saturated heterocycles. The Morgan fingerprint density at radius 3 is 2.67 bits per heavy atom. The Morgan fingerprint density at radius 2 is 1.88 bits per heavy atom. The maximum atomic E-state index is 14.1. The minimum Gasteiger partial charge on any atom is -0.343 e. The van der Waals surface area contributed by atoms with Gasteiger partial charge in [-0.05, 0) is 50.7 Å². The molecule has 2 aliphatic rings. The number of likely N-dealkylation sites (tertiary alicyclic amines) is 1. The molecule has 0 atom stereocenters. The summed E-state index contributed by atoms with van der Waals surface area (Å²) in [6.45, 7) is 6.37. The van der Waals surface area contributed by atoms with E-state index in [1.165, 1.54) is 43.6 Å². The Bertz CT molecular complexity index is 749. The summed E-state index contributed by atoms with van der Waals surface area (Å²) in [6, 6.07) is 3.45. The van der Waals surface area contributed by atoms with Crippen LogP contribution in [-0.2, 0) is 19.5 Å². The zero-order valence-electron chi connectivity index (χ0n) is 14.3. The van der Waals surface area contributed by atoms with Crippen LogP contribution in [0.1, 0.15) is 30.5 Å². The van der Waals surface area contributed by atoms with Crippen molar-refractivity contribution in [1.82, 2.24) is 14.4 Å². The van der Waals surface area contributed by atoms with E-state index < -0.39 is 0 Å². The molecule has 5 heteroatoms. The van der Waals surface area contributed by atoms with Gasteiger partial charge >= 0.3 is 0 Å². The highest BCUT2D eigenvalue weighted by molar-refractivity contribution is 6.31. The predicted octanol–water partition coefficient (Wildman–Crippen LogP) is 3.91. The number of piperidine rings is 1. The third-order valence-corrected chi connectivity index (χ3v) is 5.87. The largest absolute Gasteiger partial charge is 0.343 e. The number of halogens is 2. The fourth-order valence-corrected chi connectivity index (χ4v) is 4.42. The molecule has 1 aromatic heterocycles. The number of hydrogen-bond donors (Lipinski definition) is 0. The molecule has 0 saturated carbocycles. The molecule has 0 bridgehead atoms. The molecule has 2 aliphatic heterocycles. The number of rotatable bonds is 3. The van der Waals surface area contributed by atoms with E-state index in [1.807, 2.05) is 6.07 Å². The SMILES string of the molecule is CN1CCc2c(c3cc(Cl)c(F)cc3n2CCN2CCCCC2)C1. The van der Waals surface area contributed by atoms with Crippen molar-refractivity contribution in [3.63, 3.8) is 0 Å². The van der Waals surface area contributed by atoms with Crippen LogP contribution in [0.15, 0.2) is 12.1 Å². The number of benzene rings is 1. The lowest BCUT2D eigenvalue weighted by Crippen LogP contribution is -2.33. The molecule has 1 fully saturated rings. The second kappa shape index (κ2) is 6.66. The van der Waals surface area contributed by atoms with Crippen molar-refractivity contribution in [2.24, 2.45) is 0 Å². The summed E-state index contributed by atoms with van der Waals surface area (Å²) >= 11 is 6.07. The predicted molar refractivity (Wildman–Crippen MR) is 97.2 cm³/mol. The molecule has 0 aliphatic carbocycles. The van der Waals surface area contributed by atoms with E-state index in [0.29, 0.717) is 0 Å². The van der Waals surface area contributed by atoms with Crippen molar-refractivity contribution in [1.29, 1.82) is 0 Å². The van der Waals surface area contributed by atoms with E-state index >= 15 is 0 Å². The minimum absolute atomic E-state index is 0.228. The van der Waals surface area contributed by atoms with E-state index in [0.717, 1.165) is 43.5 Å². The Balaban J connectivity index is 1.71. The first-order chi connectivity index (χ1) is 11.6. The summed E-state index contributed by atoms with van der Waals surface area (Å²) in [5.74, 6) is -0.313. The number of aromatic nitrogens is 1. The van der Waals surface area contributed by atoms with Gasteiger partial charge in [-0.2, -0.15) is 0 Å². The summed E-state index contributed by atoms with van der Waals surface area (Å²) in [5.41, 5.74) is 3.72. The molecule has 1 aromatic carbocycles. The molecule has 4 rings (SSSR count). The number of likely N-dealkylation sites (N-methyl/N-ethyl adjacent to an activating group) is 1. The van der Waals surface area contributed by atoms with Crippen LogP contribution in [-0.4, -0.2) is 47.6 Å². The monoisotopic (exact) mass is 349 g/mol. The van der Waals surface area contributed by atoms with Gasteiger partial charge in [0.2, 0.25) is 0 Å². The van der Waals surface area contributed by atoms with E-state index in [1.54, 1.807) is 6.07 Å². The average Bonchev–Trinajstić information content (AvgIpc) is 2.87. The first-order valence-electron chi connectivity index (χ1n) is 9.03. The number of fused-ring (bicyclic) bond motifs is 3. The lowest BCUT2D eigenvalue weighted by atomic mass is 10.1. The molecule has 3 nitrogen and oxygen atoms in total. The van der Waals surface area contributed by atoms with Gasteiger partial charge in [0.1, 0.15) is 5.82 Å². The first kappa shape index (κ1) is 16.4. The van der Waals surface area contributed by atoms with Gasteiger partial charge in [-0.15, -0.1) is 0 Å². The standard InChI is InChI=1S/C19H25ClFN3/c1-22-8-5-18-15(13-22)14-11-16(20)17(21)12-19(14)24(18)10-9-23-6-3-2-4-7-23/h11-12H,2-10,13H2,1H3. The smallest absolute Gasteiger partial charge is 0.143 e. The zero-order valence-corrected chi connectivity index (χ0v) is 15.1. The summed E-state index contributed by atoms with van der Waals surface area (Å²) in [4.78, 5) is 4.87. The molecule has 24 heavy (non-hydrogen) atoms. The van der Waals surface area contributed by atoms with E-state index in [9.17, 15) is 4.39 Å². The zero-order chi connectivity index (χ0) is 16.7. The molecule has 3 heterocycles. The van der Waals surface area contributed by atoms with Gasteiger partial charge in [-0.25, -0.2) is 4.39 Å². The molecule has 0 spiro atoms. The molecule has 130 valence electrons. The van der Waals surface area contributed by atoms with Crippen LogP contribution in [0.5, 0.6) is 0 Å². The van der Waals surface area contributed by atoms with Crippen molar-refractivity contribution >= 4 is 22.5 Å². The van der Waals surface area contributed by atoms with Crippen molar-refractivity contribution in [2.75, 3.05) is 33.2 Å². The Morgan fingerprint density at radius 1 is 1.08 bits per heavy atom. The van der Waals surface area contributed by atoms with Gasteiger partial charge in [0.25, 0.3) is 0 Å². The second-order valence-corrected chi connectivity index (χ2v) is 7.66. The van der Waals surface area contributed by atoms with Crippen LogP contribution in [0.3, 0.4) is 0 Å². The Kier molecular flexibility index (Phi) is 4.54. The van der Waals surface area contributed by atoms with Crippen LogP contribution in [0.4, 0.5) is 4.39 Å². The number of hydrogen-bond acceptors (Lipinski definition) is 2. The highest BCUT2D eigenvalue weighted by atomic mass is 35.5. The summed E-state index contributed by atoms with van der Waals surface area (Å²) in [6.07, 6.45) is 4.99. The molecule has 2 aromatic rings. The fourth-order valence-electron chi connectivity index (χ4n) is 4.25. The lowest BCUT2D eigenvalue weighted by molar-refractivity contribution is 0.220. The van der Waals surface area contributed by atoms with E-state index in [-0.39, 0.29) is 10.8 Å². The highest BCUT2D eigenvalue weighted by Crippen LogP contribution is 2.33. The van der Waals surface area contributed by atoms with Gasteiger partial charge in [0.15, 0.2) is 0 Å². The molecule has 0 amide bonds. The van der Waals surface area contributed by atoms with E-state index in [2.05, 4.69) is 21.4 Å². The van der Waals surface area contributed by atoms with Crippen LogP contribution < -0.4 is 0 Å². The minimum atomic E-state index is -0.313. The normalized spacial score (nSPS) is 19.8. The summed E-state index contributed by atoms with van der Waals surface area (Å²) in [7, 11) is 2.14. The quantitative estimate of drug-likeness (QED) is 0.832. The van der Waals surface area contributed by atoms with Gasteiger partial charge in [-0.3, -0.25) is 0 Å². The molecular weight excluding hydrogens is 325 g/mol. The maximum Gasteiger partial charge on any atom is 0.143 e. The Hall–Kier alpha value is -1.10. The third-order valence-electron chi connectivity index (χ3n) is 5.58. The molecular formula is C19H25ClFN3. The molecule has 0 radical (unpaired) electrons. The lowest BCUT2D eigenvalue weighted by Gasteiger charge is -2.28. The Labute approximate surface area is 148 Å². The average molecular weight is 350 g/mol. The topological polar surface area (TPSA) is 11.4 Å². The van der Waals surface area contributed by atoms with Crippen molar-refractivity contribution in [3.05, 3.63) is 34.2 Å². The van der Waals surface area contributed by atoms with Crippen LogP contribution in [0, 0.1) is 5.82 Å². The fraction of sp³-hybridized carbons (Fsp3) is 0.579. The maximum absolute atomic E-state index is 14.1.